The molecule has 0 fully saturated rings. The lowest BCUT2D eigenvalue weighted by molar-refractivity contribution is -0.125. The highest BCUT2D eigenvalue weighted by Gasteiger charge is 2.02. The summed E-state index contributed by atoms with van der Waals surface area (Å²) >= 11 is 0. The van der Waals surface area contributed by atoms with Gasteiger partial charge in [0.25, 0.3) is 0 Å². The summed E-state index contributed by atoms with van der Waals surface area (Å²) in [6, 6.07) is 0. The minimum atomic E-state index is -0.498. The Morgan fingerprint density at radius 1 is 1.07 bits per heavy atom. The van der Waals surface area contributed by atoms with Crippen molar-refractivity contribution in [1.29, 1.82) is 0 Å². The minimum absolute atomic E-state index is 0.0476. The number of rotatable bonds is 6. The van der Waals surface area contributed by atoms with Crippen LogP contribution in [0.4, 0.5) is 0 Å². The number of carbonyl (C=O) groups is 3. The molecule has 0 bridgehead atoms. The van der Waals surface area contributed by atoms with Crippen LogP contribution in [0.25, 0.3) is 0 Å². The molecule has 0 spiro atoms. The maximum absolute atomic E-state index is 11.0. The van der Waals surface area contributed by atoms with Gasteiger partial charge in [0.05, 0.1) is 0 Å². The number of primary amides is 1. The molecule has 0 heterocycles. The summed E-state index contributed by atoms with van der Waals surface area (Å²) in [6.45, 7) is 2.14. The van der Waals surface area contributed by atoms with E-state index in [-0.39, 0.29) is 24.7 Å². The van der Waals surface area contributed by atoms with Gasteiger partial charge in [0.1, 0.15) is 0 Å². The van der Waals surface area contributed by atoms with E-state index in [2.05, 4.69) is 10.6 Å². The van der Waals surface area contributed by atoms with E-state index in [4.69, 9.17) is 5.73 Å². The number of carbonyl (C=O) groups excluding carboxylic acids is 3. The van der Waals surface area contributed by atoms with Gasteiger partial charge in [-0.3, -0.25) is 14.4 Å². The van der Waals surface area contributed by atoms with Crippen LogP contribution in [0.3, 0.4) is 0 Å². The van der Waals surface area contributed by atoms with Crippen LogP contribution in [0.1, 0.15) is 19.8 Å². The van der Waals surface area contributed by atoms with Crippen molar-refractivity contribution in [3.05, 3.63) is 0 Å². The lowest BCUT2D eigenvalue weighted by Crippen LogP contribution is -2.33. The number of hydrogen-bond donors (Lipinski definition) is 3. The number of nitrogens with two attached hydrogens (primary N) is 1. The molecule has 0 unspecified atom stereocenters. The minimum Gasteiger partial charge on any atom is -0.370 e. The standard InChI is InChI=1S/C8H15N3O3/c1-6(12)10-4-5-11-8(14)3-2-7(9)13/h2-5H2,1H3,(H2,9,13)(H,10,12)(H,11,14). The van der Waals surface area contributed by atoms with Crippen LogP contribution in [-0.2, 0) is 14.4 Å². The molecule has 0 radical (unpaired) electrons. The second-order valence-electron chi connectivity index (χ2n) is 2.80. The smallest absolute Gasteiger partial charge is 0.220 e. The van der Waals surface area contributed by atoms with Gasteiger partial charge in [-0.25, -0.2) is 0 Å². The Hall–Kier alpha value is -1.59. The van der Waals surface area contributed by atoms with Crippen molar-refractivity contribution in [2.75, 3.05) is 13.1 Å². The third-order valence-electron chi connectivity index (χ3n) is 1.42. The van der Waals surface area contributed by atoms with Crippen LogP contribution in [0, 0.1) is 0 Å². The van der Waals surface area contributed by atoms with Crippen molar-refractivity contribution in [3.8, 4) is 0 Å². The molecule has 0 aromatic carbocycles. The molecule has 0 aromatic rings. The van der Waals surface area contributed by atoms with Crippen molar-refractivity contribution < 1.29 is 14.4 Å². The SMILES string of the molecule is CC(=O)NCCNC(=O)CCC(N)=O. The van der Waals surface area contributed by atoms with Crippen LogP contribution in [-0.4, -0.2) is 30.8 Å². The maximum atomic E-state index is 11.0. The second-order valence-corrected chi connectivity index (χ2v) is 2.80. The molecule has 0 saturated heterocycles. The van der Waals surface area contributed by atoms with Crippen LogP contribution in [0.2, 0.25) is 0 Å². The molecule has 0 aliphatic carbocycles. The van der Waals surface area contributed by atoms with Gasteiger partial charge in [-0.15, -0.1) is 0 Å². The average molecular weight is 201 g/mol. The fourth-order valence-corrected chi connectivity index (χ4v) is 0.766. The summed E-state index contributed by atoms with van der Waals surface area (Å²) in [5.74, 6) is -0.882. The Balaban J connectivity index is 3.36. The molecule has 4 N–H and O–H groups in total. The van der Waals surface area contributed by atoms with E-state index in [1.165, 1.54) is 6.92 Å². The molecule has 80 valence electrons. The largest absolute Gasteiger partial charge is 0.370 e. The lowest BCUT2D eigenvalue weighted by Gasteiger charge is -2.04. The van der Waals surface area contributed by atoms with E-state index in [1.54, 1.807) is 0 Å². The molecular formula is C8H15N3O3. The molecule has 6 nitrogen and oxygen atoms in total. The molecule has 0 atom stereocenters. The normalized spacial score (nSPS) is 9.21. The Labute approximate surface area is 82.2 Å². The highest BCUT2D eigenvalue weighted by atomic mass is 16.2. The number of hydrogen-bond acceptors (Lipinski definition) is 3. The van der Waals surface area contributed by atoms with Crippen LogP contribution in [0.5, 0.6) is 0 Å². The van der Waals surface area contributed by atoms with Gasteiger partial charge in [-0.05, 0) is 0 Å². The van der Waals surface area contributed by atoms with Crippen molar-refractivity contribution in [1.82, 2.24) is 10.6 Å². The molecule has 14 heavy (non-hydrogen) atoms. The predicted octanol–water partition coefficient (Wildman–Crippen LogP) is -1.50. The van der Waals surface area contributed by atoms with E-state index < -0.39 is 5.91 Å². The zero-order valence-corrected chi connectivity index (χ0v) is 8.13. The zero-order chi connectivity index (χ0) is 11.0. The molecule has 6 heteroatoms. The lowest BCUT2D eigenvalue weighted by atomic mass is 10.3. The molecular weight excluding hydrogens is 186 g/mol. The number of amides is 3. The van der Waals surface area contributed by atoms with Crippen molar-refractivity contribution in [2.24, 2.45) is 5.73 Å². The highest BCUT2D eigenvalue weighted by molar-refractivity contribution is 5.82. The summed E-state index contributed by atoms with van der Waals surface area (Å²) in [5.41, 5.74) is 4.86. The Kier molecular flexibility index (Phi) is 6.09. The fraction of sp³-hybridized carbons (Fsp3) is 0.625. The molecule has 0 aliphatic rings. The van der Waals surface area contributed by atoms with Crippen molar-refractivity contribution >= 4 is 17.7 Å². The topological polar surface area (TPSA) is 101 Å². The monoisotopic (exact) mass is 201 g/mol. The second kappa shape index (κ2) is 6.88. The molecule has 3 amide bonds. The van der Waals surface area contributed by atoms with Gasteiger partial charge in [-0.1, -0.05) is 0 Å². The average Bonchev–Trinajstić information content (AvgIpc) is 2.08. The van der Waals surface area contributed by atoms with Gasteiger partial charge < -0.3 is 16.4 Å². The predicted molar refractivity (Wildman–Crippen MR) is 50.1 cm³/mol. The summed E-state index contributed by atoms with van der Waals surface area (Å²) in [6.07, 6.45) is 0.140. The summed E-state index contributed by atoms with van der Waals surface area (Å²) in [7, 11) is 0. The van der Waals surface area contributed by atoms with Gasteiger partial charge in [0.2, 0.25) is 17.7 Å². The first kappa shape index (κ1) is 12.4. The molecule has 0 aromatic heterocycles. The highest BCUT2D eigenvalue weighted by Crippen LogP contribution is 1.85. The zero-order valence-electron chi connectivity index (χ0n) is 8.13. The third-order valence-corrected chi connectivity index (χ3v) is 1.42. The van der Waals surface area contributed by atoms with Crippen LogP contribution in [0.15, 0.2) is 0 Å². The van der Waals surface area contributed by atoms with Crippen LogP contribution >= 0.6 is 0 Å². The summed E-state index contributed by atoms with van der Waals surface area (Å²) < 4.78 is 0. The third kappa shape index (κ3) is 8.51. The van der Waals surface area contributed by atoms with E-state index >= 15 is 0 Å². The van der Waals surface area contributed by atoms with E-state index in [0.29, 0.717) is 13.1 Å². The fourth-order valence-electron chi connectivity index (χ4n) is 0.766. The quantitative estimate of drug-likeness (QED) is 0.456. The van der Waals surface area contributed by atoms with Gasteiger partial charge in [-0.2, -0.15) is 0 Å². The van der Waals surface area contributed by atoms with Crippen LogP contribution < -0.4 is 16.4 Å². The van der Waals surface area contributed by atoms with E-state index in [1.807, 2.05) is 0 Å². The number of nitrogens with one attached hydrogen (secondary N) is 2. The Morgan fingerprint density at radius 2 is 1.64 bits per heavy atom. The van der Waals surface area contributed by atoms with Gasteiger partial charge >= 0.3 is 0 Å². The Morgan fingerprint density at radius 3 is 2.14 bits per heavy atom. The van der Waals surface area contributed by atoms with E-state index in [9.17, 15) is 14.4 Å². The Bertz CT molecular complexity index is 228. The van der Waals surface area contributed by atoms with E-state index in [0.717, 1.165) is 0 Å². The first-order chi connectivity index (χ1) is 6.52. The van der Waals surface area contributed by atoms with Gasteiger partial charge in [0, 0.05) is 32.9 Å². The maximum Gasteiger partial charge on any atom is 0.220 e. The van der Waals surface area contributed by atoms with Crippen molar-refractivity contribution in [3.63, 3.8) is 0 Å². The summed E-state index contributed by atoms with van der Waals surface area (Å²) in [4.78, 5) is 31.7. The summed E-state index contributed by atoms with van der Waals surface area (Å²) in [5, 5.41) is 5.05. The van der Waals surface area contributed by atoms with Crippen molar-refractivity contribution in [2.45, 2.75) is 19.8 Å². The first-order valence-corrected chi connectivity index (χ1v) is 4.32. The molecule has 0 rings (SSSR count). The first-order valence-electron chi connectivity index (χ1n) is 4.32. The molecule has 0 saturated carbocycles. The van der Waals surface area contributed by atoms with Gasteiger partial charge in [0.15, 0.2) is 0 Å². The molecule has 0 aliphatic heterocycles.